The summed E-state index contributed by atoms with van der Waals surface area (Å²) in [4.78, 5) is 19.2. The number of hydrogen-bond acceptors (Lipinski definition) is 3. The van der Waals surface area contributed by atoms with Crippen LogP contribution in [-0.4, -0.2) is 28.9 Å². The van der Waals surface area contributed by atoms with E-state index in [4.69, 9.17) is 4.74 Å². The molecule has 130 valence electrons. The van der Waals surface area contributed by atoms with Gasteiger partial charge in [-0.2, -0.15) is 0 Å². The van der Waals surface area contributed by atoms with Crippen molar-refractivity contribution in [2.45, 2.75) is 44.6 Å². The number of piperidine rings is 1. The molecular formula is C21H24N2O2. The topological polar surface area (TPSA) is 42.4 Å². The number of rotatable bonds is 4. The van der Waals surface area contributed by atoms with E-state index in [0.717, 1.165) is 50.1 Å². The lowest BCUT2D eigenvalue weighted by atomic mass is 9.95. The molecule has 2 aliphatic rings. The molecule has 0 saturated carbocycles. The number of benzene rings is 1. The monoisotopic (exact) mass is 336 g/mol. The van der Waals surface area contributed by atoms with Gasteiger partial charge in [0.15, 0.2) is 0 Å². The van der Waals surface area contributed by atoms with Gasteiger partial charge in [0.05, 0.1) is 12.6 Å². The van der Waals surface area contributed by atoms with Crippen molar-refractivity contribution in [1.82, 2.24) is 9.88 Å². The zero-order valence-corrected chi connectivity index (χ0v) is 14.5. The molecule has 2 aromatic rings. The van der Waals surface area contributed by atoms with Crippen LogP contribution in [0.3, 0.4) is 0 Å². The highest BCUT2D eigenvalue weighted by atomic mass is 16.5. The van der Waals surface area contributed by atoms with E-state index in [1.54, 1.807) is 6.20 Å². The normalized spacial score (nSPS) is 19.4. The lowest BCUT2D eigenvalue weighted by molar-refractivity contribution is -0.135. The van der Waals surface area contributed by atoms with Crippen molar-refractivity contribution in [3.63, 3.8) is 0 Å². The summed E-state index contributed by atoms with van der Waals surface area (Å²) in [6.07, 6.45) is 9.33. The van der Waals surface area contributed by atoms with E-state index >= 15 is 0 Å². The third-order valence-corrected chi connectivity index (χ3v) is 5.27. The molecule has 0 spiro atoms. The van der Waals surface area contributed by atoms with Crippen LogP contribution in [0, 0.1) is 0 Å². The predicted molar refractivity (Wildman–Crippen MR) is 96.5 cm³/mol. The summed E-state index contributed by atoms with van der Waals surface area (Å²) < 4.78 is 5.56. The van der Waals surface area contributed by atoms with E-state index in [0.29, 0.717) is 6.42 Å². The summed E-state index contributed by atoms with van der Waals surface area (Å²) in [5, 5.41) is 0. The summed E-state index contributed by atoms with van der Waals surface area (Å²) in [6, 6.07) is 10.6. The predicted octanol–water partition coefficient (Wildman–Crippen LogP) is 3.70. The molecule has 0 bridgehead atoms. The Morgan fingerprint density at radius 1 is 1.28 bits per heavy atom. The van der Waals surface area contributed by atoms with Gasteiger partial charge in [0, 0.05) is 31.8 Å². The van der Waals surface area contributed by atoms with Gasteiger partial charge in [-0.05, 0) is 54.5 Å². The smallest absolute Gasteiger partial charge is 0.223 e. The van der Waals surface area contributed by atoms with Gasteiger partial charge >= 0.3 is 0 Å². The number of aryl methyl sites for hydroxylation is 1. The maximum Gasteiger partial charge on any atom is 0.223 e. The van der Waals surface area contributed by atoms with Crippen LogP contribution in [0.4, 0.5) is 0 Å². The fraction of sp³-hybridized carbons (Fsp3) is 0.429. The quantitative estimate of drug-likeness (QED) is 0.855. The van der Waals surface area contributed by atoms with Crippen LogP contribution < -0.4 is 4.74 Å². The number of hydrogen-bond donors (Lipinski definition) is 0. The maximum atomic E-state index is 12.9. The molecule has 25 heavy (non-hydrogen) atoms. The first-order valence-corrected chi connectivity index (χ1v) is 9.25. The molecule has 4 nitrogen and oxygen atoms in total. The number of aromatic nitrogens is 1. The Kier molecular flexibility index (Phi) is 4.68. The molecule has 1 atom stereocenters. The molecule has 1 amide bonds. The number of fused-ring (bicyclic) bond motifs is 1. The Balaban J connectivity index is 1.42. The molecule has 4 rings (SSSR count). The maximum absolute atomic E-state index is 12.9. The van der Waals surface area contributed by atoms with Crippen LogP contribution in [0.2, 0.25) is 0 Å². The van der Waals surface area contributed by atoms with E-state index in [2.05, 4.69) is 28.1 Å². The molecule has 4 heteroatoms. The van der Waals surface area contributed by atoms with Crippen LogP contribution in [-0.2, 0) is 17.6 Å². The number of nitrogens with zero attached hydrogens (tertiary/aromatic N) is 2. The first-order valence-electron chi connectivity index (χ1n) is 9.25. The number of amides is 1. The van der Waals surface area contributed by atoms with E-state index in [1.807, 2.05) is 18.3 Å². The first-order chi connectivity index (χ1) is 12.3. The number of pyridine rings is 1. The Labute approximate surface area is 148 Å². The molecule has 3 heterocycles. The number of ether oxygens (including phenoxy) is 1. The minimum Gasteiger partial charge on any atom is -0.493 e. The summed E-state index contributed by atoms with van der Waals surface area (Å²) in [5.74, 6) is 1.26. The van der Waals surface area contributed by atoms with Crippen molar-refractivity contribution in [1.29, 1.82) is 0 Å². The summed E-state index contributed by atoms with van der Waals surface area (Å²) in [5.41, 5.74) is 3.66. The largest absolute Gasteiger partial charge is 0.493 e. The molecule has 0 unspecified atom stereocenters. The second-order valence-corrected chi connectivity index (χ2v) is 6.93. The highest BCUT2D eigenvalue weighted by molar-refractivity contribution is 5.77. The number of carbonyl (C=O) groups is 1. The summed E-state index contributed by atoms with van der Waals surface area (Å²) in [6.45, 7) is 1.63. The van der Waals surface area contributed by atoms with Gasteiger partial charge < -0.3 is 9.64 Å². The Bertz CT molecular complexity index is 745. The van der Waals surface area contributed by atoms with Crippen molar-refractivity contribution in [2.24, 2.45) is 0 Å². The molecule has 2 aliphatic heterocycles. The van der Waals surface area contributed by atoms with E-state index in [-0.39, 0.29) is 11.9 Å². The zero-order chi connectivity index (χ0) is 17.1. The van der Waals surface area contributed by atoms with Crippen molar-refractivity contribution >= 4 is 5.91 Å². The van der Waals surface area contributed by atoms with Gasteiger partial charge in [0.2, 0.25) is 5.91 Å². The van der Waals surface area contributed by atoms with Gasteiger partial charge in [0.25, 0.3) is 0 Å². The Morgan fingerprint density at radius 3 is 3.12 bits per heavy atom. The molecule has 1 saturated heterocycles. The second-order valence-electron chi connectivity index (χ2n) is 6.93. The minimum atomic E-state index is 0.184. The van der Waals surface area contributed by atoms with Gasteiger partial charge in [-0.15, -0.1) is 0 Å². The van der Waals surface area contributed by atoms with Crippen molar-refractivity contribution in [2.75, 3.05) is 13.2 Å². The minimum absolute atomic E-state index is 0.184. The number of likely N-dealkylation sites (tertiary alicyclic amines) is 1. The lowest BCUT2D eigenvalue weighted by Crippen LogP contribution is -2.38. The molecule has 1 aromatic carbocycles. The van der Waals surface area contributed by atoms with Crippen molar-refractivity contribution in [3.8, 4) is 5.75 Å². The standard InChI is InChI=1S/C21H24N2O2/c24-21(9-7-16-6-8-20-17(14-16)10-13-25-20)23-12-2-1-5-19(23)18-4-3-11-22-15-18/h3-4,6,8,11,14-15,19H,1-2,5,7,9-10,12-13H2/t19-/m1/s1. The second kappa shape index (κ2) is 7.26. The van der Waals surface area contributed by atoms with Gasteiger partial charge in [-0.25, -0.2) is 0 Å². The fourth-order valence-corrected chi connectivity index (χ4v) is 3.94. The third-order valence-electron chi connectivity index (χ3n) is 5.27. The lowest BCUT2D eigenvalue weighted by Gasteiger charge is -2.36. The molecule has 0 N–H and O–H groups in total. The van der Waals surface area contributed by atoms with Gasteiger partial charge in [0.1, 0.15) is 5.75 Å². The van der Waals surface area contributed by atoms with Gasteiger partial charge in [-0.3, -0.25) is 9.78 Å². The highest BCUT2D eigenvalue weighted by Gasteiger charge is 2.27. The van der Waals surface area contributed by atoms with E-state index in [9.17, 15) is 4.79 Å². The van der Waals surface area contributed by atoms with Crippen LogP contribution >= 0.6 is 0 Å². The summed E-state index contributed by atoms with van der Waals surface area (Å²) >= 11 is 0. The van der Waals surface area contributed by atoms with E-state index < -0.39 is 0 Å². The third kappa shape index (κ3) is 3.53. The van der Waals surface area contributed by atoms with Crippen LogP contribution in [0.1, 0.15) is 48.4 Å². The molecule has 1 fully saturated rings. The van der Waals surface area contributed by atoms with E-state index in [1.165, 1.54) is 17.5 Å². The van der Waals surface area contributed by atoms with Crippen LogP contribution in [0.15, 0.2) is 42.7 Å². The molecule has 1 aromatic heterocycles. The van der Waals surface area contributed by atoms with Gasteiger partial charge in [-0.1, -0.05) is 18.2 Å². The number of carbonyl (C=O) groups excluding carboxylic acids is 1. The summed E-state index contributed by atoms with van der Waals surface area (Å²) in [7, 11) is 0. The SMILES string of the molecule is O=C(CCc1ccc2c(c1)CCO2)N1CCCC[C@@H]1c1cccnc1. The Morgan fingerprint density at radius 2 is 2.24 bits per heavy atom. The molecular weight excluding hydrogens is 312 g/mol. The first kappa shape index (κ1) is 16.1. The highest BCUT2D eigenvalue weighted by Crippen LogP contribution is 2.31. The fourth-order valence-electron chi connectivity index (χ4n) is 3.94. The molecule has 0 aliphatic carbocycles. The van der Waals surface area contributed by atoms with Crippen LogP contribution in [0.25, 0.3) is 0 Å². The van der Waals surface area contributed by atoms with Crippen LogP contribution in [0.5, 0.6) is 5.75 Å². The Hall–Kier alpha value is -2.36. The average molecular weight is 336 g/mol. The van der Waals surface area contributed by atoms with Crippen molar-refractivity contribution < 1.29 is 9.53 Å². The molecule has 0 radical (unpaired) electrons. The zero-order valence-electron chi connectivity index (χ0n) is 14.5. The average Bonchev–Trinajstić information content (AvgIpc) is 3.14. The van der Waals surface area contributed by atoms with Crippen molar-refractivity contribution in [3.05, 3.63) is 59.4 Å².